The fourth-order valence-corrected chi connectivity index (χ4v) is 3.33. The van der Waals surface area contributed by atoms with Crippen molar-refractivity contribution in [1.82, 2.24) is 10.2 Å². The molecule has 0 bridgehead atoms. The third-order valence-corrected chi connectivity index (χ3v) is 4.81. The first-order valence-electron chi connectivity index (χ1n) is 9.18. The second-order valence-corrected chi connectivity index (χ2v) is 7.52. The van der Waals surface area contributed by atoms with Crippen LogP contribution in [0, 0.1) is 11.8 Å². The molecule has 0 saturated carbocycles. The smallest absolute Gasteiger partial charge is 0.306 e. The van der Waals surface area contributed by atoms with Gasteiger partial charge < -0.3 is 10.4 Å². The predicted molar refractivity (Wildman–Crippen MR) is 106 cm³/mol. The lowest BCUT2D eigenvalue weighted by atomic mass is 9.97. The van der Waals surface area contributed by atoms with Crippen molar-refractivity contribution in [2.45, 2.75) is 46.1 Å². The Hall–Kier alpha value is -1.59. The van der Waals surface area contributed by atoms with Gasteiger partial charge in [-0.25, -0.2) is 0 Å². The van der Waals surface area contributed by atoms with Gasteiger partial charge in [-0.15, -0.1) is 12.4 Å². The largest absolute Gasteiger partial charge is 0.481 e. The van der Waals surface area contributed by atoms with Gasteiger partial charge in [0, 0.05) is 0 Å². The van der Waals surface area contributed by atoms with Gasteiger partial charge in [0.2, 0.25) is 5.91 Å². The zero-order valence-corrected chi connectivity index (χ0v) is 16.7. The molecule has 1 saturated heterocycles. The Balaban J connectivity index is 0.00000338. The number of nitrogens with zero attached hydrogens (tertiary/aromatic N) is 1. The van der Waals surface area contributed by atoms with Crippen LogP contribution in [0.5, 0.6) is 0 Å². The number of halogens is 1. The summed E-state index contributed by atoms with van der Waals surface area (Å²) in [5, 5.41) is 12.1. The number of aliphatic carboxylic acids is 1. The van der Waals surface area contributed by atoms with Crippen molar-refractivity contribution in [3.63, 3.8) is 0 Å². The minimum absolute atomic E-state index is 0. The summed E-state index contributed by atoms with van der Waals surface area (Å²) >= 11 is 0. The van der Waals surface area contributed by atoms with Gasteiger partial charge in [0.1, 0.15) is 0 Å². The van der Waals surface area contributed by atoms with Crippen molar-refractivity contribution in [2.24, 2.45) is 11.8 Å². The highest BCUT2D eigenvalue weighted by molar-refractivity contribution is 5.85. The summed E-state index contributed by atoms with van der Waals surface area (Å²) in [7, 11) is 0. The van der Waals surface area contributed by atoms with Crippen LogP contribution in [0.4, 0.5) is 0 Å². The van der Waals surface area contributed by atoms with Crippen LogP contribution in [0.2, 0.25) is 0 Å². The summed E-state index contributed by atoms with van der Waals surface area (Å²) in [6, 6.07) is 8.41. The van der Waals surface area contributed by atoms with E-state index in [-0.39, 0.29) is 30.3 Å². The van der Waals surface area contributed by atoms with E-state index in [1.54, 1.807) is 0 Å². The van der Waals surface area contributed by atoms with Gasteiger partial charge in [0.25, 0.3) is 0 Å². The lowest BCUT2D eigenvalue weighted by Crippen LogP contribution is -2.43. The van der Waals surface area contributed by atoms with E-state index >= 15 is 0 Å². The quantitative estimate of drug-likeness (QED) is 0.759. The van der Waals surface area contributed by atoms with Crippen molar-refractivity contribution in [1.29, 1.82) is 0 Å². The fraction of sp³-hybridized carbons (Fsp3) is 0.600. The molecule has 2 rings (SSSR count). The van der Waals surface area contributed by atoms with Crippen LogP contribution in [-0.4, -0.2) is 41.5 Å². The number of carbonyl (C=O) groups is 2. The van der Waals surface area contributed by atoms with Crippen LogP contribution in [0.15, 0.2) is 24.3 Å². The van der Waals surface area contributed by atoms with Crippen LogP contribution in [0.1, 0.15) is 50.8 Å². The Morgan fingerprint density at radius 3 is 2.23 bits per heavy atom. The molecular weight excluding hydrogens is 352 g/mol. The number of piperidine rings is 1. The number of carboxylic acid groups (broad SMARTS) is 1. The third-order valence-electron chi connectivity index (χ3n) is 4.81. The van der Waals surface area contributed by atoms with E-state index in [0.29, 0.717) is 38.4 Å². The molecule has 2 N–H and O–H groups in total. The summed E-state index contributed by atoms with van der Waals surface area (Å²) in [5.74, 6) is -0.359. The lowest BCUT2D eigenvalue weighted by Gasteiger charge is -2.29. The highest BCUT2D eigenvalue weighted by atomic mass is 35.5. The predicted octanol–water partition coefficient (Wildman–Crippen LogP) is 3.28. The first-order chi connectivity index (χ1) is 11.8. The fourth-order valence-electron chi connectivity index (χ4n) is 3.33. The molecule has 1 heterocycles. The SMILES string of the molecule is CC(C)Cc1ccc(C(C)NC(=O)CN2CCC(C(=O)O)CC2)cc1.Cl. The van der Waals surface area contributed by atoms with Crippen LogP contribution >= 0.6 is 12.4 Å². The van der Waals surface area contributed by atoms with E-state index in [0.717, 1.165) is 12.0 Å². The van der Waals surface area contributed by atoms with E-state index in [9.17, 15) is 9.59 Å². The van der Waals surface area contributed by atoms with Gasteiger partial charge in [-0.2, -0.15) is 0 Å². The van der Waals surface area contributed by atoms with Crippen LogP contribution in [0.25, 0.3) is 0 Å². The number of hydrogen-bond acceptors (Lipinski definition) is 3. The van der Waals surface area contributed by atoms with Gasteiger partial charge in [0.05, 0.1) is 18.5 Å². The second kappa shape index (κ2) is 10.5. The number of nitrogens with one attached hydrogen (secondary N) is 1. The Labute approximate surface area is 162 Å². The summed E-state index contributed by atoms with van der Waals surface area (Å²) in [6.45, 7) is 8.07. The number of carboxylic acids is 1. The Morgan fingerprint density at radius 1 is 1.15 bits per heavy atom. The van der Waals surface area contributed by atoms with Gasteiger partial charge >= 0.3 is 5.97 Å². The van der Waals surface area contributed by atoms with Gasteiger partial charge in [-0.1, -0.05) is 38.1 Å². The molecule has 1 aliphatic heterocycles. The van der Waals surface area contributed by atoms with E-state index in [4.69, 9.17) is 5.11 Å². The van der Waals surface area contributed by atoms with E-state index in [1.807, 2.05) is 11.8 Å². The third kappa shape index (κ3) is 6.96. The summed E-state index contributed by atoms with van der Waals surface area (Å²) < 4.78 is 0. The normalized spacial score (nSPS) is 16.8. The lowest BCUT2D eigenvalue weighted by molar-refractivity contribution is -0.143. The Kier molecular flexibility index (Phi) is 9.09. The van der Waals surface area contributed by atoms with E-state index in [2.05, 4.69) is 43.4 Å². The monoisotopic (exact) mass is 382 g/mol. The van der Waals surface area contributed by atoms with E-state index in [1.165, 1.54) is 5.56 Å². The Bertz CT molecular complexity index is 581. The number of likely N-dealkylation sites (tertiary alicyclic amines) is 1. The van der Waals surface area contributed by atoms with Crippen molar-refractivity contribution in [3.05, 3.63) is 35.4 Å². The first kappa shape index (κ1) is 22.5. The average molecular weight is 383 g/mol. The summed E-state index contributed by atoms with van der Waals surface area (Å²) in [5.41, 5.74) is 2.42. The maximum Gasteiger partial charge on any atom is 0.306 e. The molecule has 0 radical (unpaired) electrons. The standard InChI is InChI=1S/C20H30N2O3.ClH/c1-14(2)12-16-4-6-17(7-5-16)15(3)21-19(23)13-22-10-8-18(9-11-22)20(24)25;/h4-7,14-15,18H,8-13H2,1-3H3,(H,21,23)(H,24,25);1H. The van der Waals surface area contributed by atoms with Crippen LogP contribution in [-0.2, 0) is 16.0 Å². The topological polar surface area (TPSA) is 69.6 Å². The minimum Gasteiger partial charge on any atom is -0.481 e. The minimum atomic E-state index is -0.723. The molecule has 1 unspecified atom stereocenters. The maximum absolute atomic E-state index is 12.3. The summed E-state index contributed by atoms with van der Waals surface area (Å²) in [6.07, 6.45) is 2.30. The van der Waals surface area contributed by atoms with E-state index < -0.39 is 5.97 Å². The highest BCUT2D eigenvalue weighted by Crippen LogP contribution is 2.18. The molecule has 1 atom stereocenters. The molecule has 146 valence electrons. The van der Waals surface area contributed by atoms with Crippen LogP contribution in [0.3, 0.4) is 0 Å². The second-order valence-electron chi connectivity index (χ2n) is 7.52. The molecule has 1 fully saturated rings. The first-order valence-corrected chi connectivity index (χ1v) is 9.18. The molecule has 26 heavy (non-hydrogen) atoms. The molecule has 1 aliphatic rings. The number of benzene rings is 1. The molecule has 5 nitrogen and oxygen atoms in total. The molecular formula is C20H31ClN2O3. The van der Waals surface area contributed by atoms with Gasteiger partial charge in [-0.05, 0) is 56.3 Å². The zero-order valence-electron chi connectivity index (χ0n) is 15.9. The molecule has 0 spiro atoms. The number of carbonyl (C=O) groups excluding carboxylic acids is 1. The zero-order chi connectivity index (χ0) is 18.4. The van der Waals surface area contributed by atoms with Crippen LogP contribution < -0.4 is 5.32 Å². The summed E-state index contributed by atoms with van der Waals surface area (Å²) in [4.78, 5) is 25.3. The van der Waals surface area contributed by atoms with Crippen molar-refractivity contribution in [2.75, 3.05) is 19.6 Å². The van der Waals surface area contributed by atoms with Crippen molar-refractivity contribution >= 4 is 24.3 Å². The molecule has 1 aromatic carbocycles. The molecule has 1 amide bonds. The van der Waals surface area contributed by atoms with Crippen molar-refractivity contribution in [3.8, 4) is 0 Å². The highest BCUT2D eigenvalue weighted by Gasteiger charge is 2.25. The average Bonchev–Trinajstić information content (AvgIpc) is 2.55. The van der Waals surface area contributed by atoms with Crippen molar-refractivity contribution < 1.29 is 14.7 Å². The molecule has 1 aromatic rings. The molecule has 0 aromatic heterocycles. The van der Waals surface area contributed by atoms with Gasteiger partial charge in [0.15, 0.2) is 0 Å². The maximum atomic E-state index is 12.3. The number of hydrogen-bond donors (Lipinski definition) is 2. The number of rotatable bonds is 7. The van der Waals surface area contributed by atoms with Gasteiger partial charge in [-0.3, -0.25) is 14.5 Å². The molecule has 0 aliphatic carbocycles. The Morgan fingerprint density at radius 2 is 1.73 bits per heavy atom. The number of amides is 1. The molecule has 6 heteroatoms.